The summed E-state index contributed by atoms with van der Waals surface area (Å²) in [6.45, 7) is 4.35. The predicted molar refractivity (Wildman–Crippen MR) is 70.9 cm³/mol. The second-order valence-corrected chi connectivity index (χ2v) is 4.45. The minimum atomic E-state index is 1.32. The highest BCUT2D eigenvalue weighted by atomic mass is 14.1. The van der Waals surface area contributed by atoms with Crippen LogP contribution in [0.1, 0.15) is 11.1 Å². The summed E-state index contributed by atoms with van der Waals surface area (Å²) in [5.41, 5.74) is 2.70. The second-order valence-electron chi connectivity index (χ2n) is 4.45. The van der Waals surface area contributed by atoms with Crippen LogP contribution in [0.4, 0.5) is 0 Å². The summed E-state index contributed by atoms with van der Waals surface area (Å²) in [5, 5.41) is 5.40. The highest BCUT2D eigenvalue weighted by Crippen LogP contribution is 2.28. The molecule has 0 nitrogen and oxygen atoms in total. The van der Waals surface area contributed by atoms with Crippen LogP contribution in [-0.2, 0) is 0 Å². The summed E-state index contributed by atoms with van der Waals surface area (Å²) in [7, 11) is 0. The van der Waals surface area contributed by atoms with E-state index in [4.69, 9.17) is 0 Å². The molecule has 0 saturated carbocycles. The third-order valence-corrected chi connectivity index (χ3v) is 3.29. The van der Waals surface area contributed by atoms with Crippen LogP contribution < -0.4 is 0 Å². The molecule has 0 aromatic heterocycles. The fraction of sp³-hybridized carbons (Fsp3) is 0.125. The molecule has 0 amide bonds. The molecular weight excluding hydrogens is 192 g/mol. The zero-order chi connectivity index (χ0) is 11.1. The maximum Gasteiger partial charge on any atom is -0.0148 e. The minimum absolute atomic E-state index is 1.32. The SMILES string of the molecule is Cc1ccc2c(C)c3ccccc3cc2c1. The fourth-order valence-corrected chi connectivity index (χ4v) is 2.42. The van der Waals surface area contributed by atoms with E-state index in [1.54, 1.807) is 0 Å². The van der Waals surface area contributed by atoms with Gasteiger partial charge >= 0.3 is 0 Å². The van der Waals surface area contributed by atoms with Gasteiger partial charge < -0.3 is 0 Å². The van der Waals surface area contributed by atoms with Gasteiger partial charge in [0.25, 0.3) is 0 Å². The van der Waals surface area contributed by atoms with Crippen molar-refractivity contribution in [2.75, 3.05) is 0 Å². The summed E-state index contributed by atoms with van der Waals surface area (Å²) in [4.78, 5) is 0. The van der Waals surface area contributed by atoms with E-state index in [2.05, 4.69) is 62.4 Å². The first-order valence-corrected chi connectivity index (χ1v) is 5.64. The summed E-state index contributed by atoms with van der Waals surface area (Å²) in [6.07, 6.45) is 0. The van der Waals surface area contributed by atoms with E-state index in [0.29, 0.717) is 0 Å². The molecule has 0 spiro atoms. The van der Waals surface area contributed by atoms with Gasteiger partial charge in [-0.2, -0.15) is 0 Å². The number of rotatable bonds is 0. The summed E-state index contributed by atoms with van der Waals surface area (Å²) < 4.78 is 0. The zero-order valence-electron chi connectivity index (χ0n) is 9.62. The molecule has 0 atom stereocenters. The lowest BCUT2D eigenvalue weighted by molar-refractivity contribution is 1.49. The predicted octanol–water partition coefficient (Wildman–Crippen LogP) is 4.61. The molecule has 3 aromatic rings. The fourth-order valence-electron chi connectivity index (χ4n) is 2.42. The van der Waals surface area contributed by atoms with E-state index in [9.17, 15) is 0 Å². The largest absolute Gasteiger partial charge is 0.0616 e. The lowest BCUT2D eigenvalue weighted by Gasteiger charge is -2.08. The average molecular weight is 206 g/mol. The van der Waals surface area contributed by atoms with E-state index < -0.39 is 0 Å². The summed E-state index contributed by atoms with van der Waals surface area (Å²) >= 11 is 0. The van der Waals surface area contributed by atoms with Crippen LogP contribution in [0.25, 0.3) is 21.5 Å². The van der Waals surface area contributed by atoms with Crippen molar-refractivity contribution in [2.45, 2.75) is 13.8 Å². The Morgan fingerprint density at radius 2 is 1.44 bits per heavy atom. The smallest absolute Gasteiger partial charge is 0.0148 e. The normalized spacial score (nSPS) is 11.1. The van der Waals surface area contributed by atoms with Gasteiger partial charge in [-0.1, -0.05) is 48.0 Å². The van der Waals surface area contributed by atoms with Gasteiger partial charge in [0.05, 0.1) is 0 Å². The highest BCUT2D eigenvalue weighted by molar-refractivity contribution is 6.02. The Balaban J connectivity index is 2.55. The Labute approximate surface area is 95.5 Å². The van der Waals surface area contributed by atoms with Gasteiger partial charge in [-0.15, -0.1) is 0 Å². The van der Waals surface area contributed by atoms with Crippen molar-refractivity contribution in [1.29, 1.82) is 0 Å². The van der Waals surface area contributed by atoms with Crippen molar-refractivity contribution in [3.05, 3.63) is 59.7 Å². The summed E-state index contributed by atoms with van der Waals surface area (Å²) in [5.74, 6) is 0. The molecule has 0 bridgehead atoms. The van der Waals surface area contributed by atoms with Gasteiger partial charge in [0.1, 0.15) is 0 Å². The molecular formula is C16H14. The number of benzene rings is 3. The maximum absolute atomic E-state index is 2.28. The molecule has 0 N–H and O–H groups in total. The van der Waals surface area contributed by atoms with Crippen molar-refractivity contribution in [3.63, 3.8) is 0 Å². The van der Waals surface area contributed by atoms with Crippen LogP contribution in [0.2, 0.25) is 0 Å². The molecule has 0 heterocycles. The number of hydrogen-bond donors (Lipinski definition) is 0. The van der Waals surface area contributed by atoms with Crippen molar-refractivity contribution in [1.82, 2.24) is 0 Å². The van der Waals surface area contributed by atoms with Gasteiger partial charge in [-0.25, -0.2) is 0 Å². The first kappa shape index (κ1) is 9.41. The summed E-state index contributed by atoms with van der Waals surface area (Å²) in [6, 6.07) is 17.5. The monoisotopic (exact) mass is 206 g/mol. The first-order valence-electron chi connectivity index (χ1n) is 5.64. The van der Waals surface area contributed by atoms with E-state index in [0.717, 1.165) is 0 Å². The molecule has 0 aliphatic carbocycles. The Kier molecular flexibility index (Phi) is 1.97. The minimum Gasteiger partial charge on any atom is -0.0616 e. The zero-order valence-corrected chi connectivity index (χ0v) is 9.62. The van der Waals surface area contributed by atoms with Gasteiger partial charge in [0.15, 0.2) is 0 Å². The van der Waals surface area contributed by atoms with E-state index in [-0.39, 0.29) is 0 Å². The number of hydrogen-bond acceptors (Lipinski definition) is 0. The molecule has 3 rings (SSSR count). The van der Waals surface area contributed by atoms with Crippen LogP contribution >= 0.6 is 0 Å². The van der Waals surface area contributed by atoms with Gasteiger partial charge in [0.2, 0.25) is 0 Å². The highest BCUT2D eigenvalue weighted by Gasteiger charge is 2.02. The van der Waals surface area contributed by atoms with Crippen LogP contribution in [-0.4, -0.2) is 0 Å². The second kappa shape index (κ2) is 3.34. The van der Waals surface area contributed by atoms with E-state index >= 15 is 0 Å². The molecule has 0 saturated heterocycles. The van der Waals surface area contributed by atoms with E-state index in [1.807, 2.05) is 0 Å². The lowest BCUT2D eigenvalue weighted by Crippen LogP contribution is -1.83. The molecule has 0 unspecified atom stereocenters. The van der Waals surface area contributed by atoms with Gasteiger partial charge in [-0.3, -0.25) is 0 Å². The lowest BCUT2D eigenvalue weighted by atomic mass is 9.97. The van der Waals surface area contributed by atoms with Crippen molar-refractivity contribution in [2.24, 2.45) is 0 Å². The van der Waals surface area contributed by atoms with Crippen molar-refractivity contribution < 1.29 is 0 Å². The van der Waals surface area contributed by atoms with Crippen molar-refractivity contribution >= 4 is 21.5 Å². The molecule has 16 heavy (non-hydrogen) atoms. The van der Waals surface area contributed by atoms with Crippen LogP contribution in [0.3, 0.4) is 0 Å². The molecule has 0 aliphatic rings. The third-order valence-electron chi connectivity index (χ3n) is 3.29. The van der Waals surface area contributed by atoms with Crippen LogP contribution in [0.5, 0.6) is 0 Å². The number of aryl methyl sites for hydroxylation is 2. The Hall–Kier alpha value is -1.82. The van der Waals surface area contributed by atoms with Crippen LogP contribution in [0, 0.1) is 13.8 Å². The average Bonchev–Trinajstić information content (AvgIpc) is 2.29. The Bertz CT molecular complexity index is 678. The Morgan fingerprint density at radius 3 is 2.31 bits per heavy atom. The van der Waals surface area contributed by atoms with Gasteiger partial charge in [-0.05, 0) is 47.0 Å². The van der Waals surface area contributed by atoms with Gasteiger partial charge in [0, 0.05) is 0 Å². The molecule has 0 fully saturated rings. The number of fused-ring (bicyclic) bond motifs is 2. The molecule has 0 heteroatoms. The van der Waals surface area contributed by atoms with Crippen LogP contribution in [0.15, 0.2) is 48.5 Å². The standard InChI is InChI=1S/C16H14/c1-11-7-8-16-12(2)15-6-4-3-5-13(15)10-14(16)9-11/h3-10H,1-2H3. The molecule has 3 aromatic carbocycles. The molecule has 78 valence electrons. The molecule has 0 aliphatic heterocycles. The quantitative estimate of drug-likeness (QED) is 0.471. The first-order chi connectivity index (χ1) is 7.75. The van der Waals surface area contributed by atoms with E-state index in [1.165, 1.54) is 32.7 Å². The molecule has 0 radical (unpaired) electrons. The van der Waals surface area contributed by atoms with Crippen molar-refractivity contribution in [3.8, 4) is 0 Å². The topological polar surface area (TPSA) is 0 Å². The Morgan fingerprint density at radius 1 is 0.688 bits per heavy atom. The third kappa shape index (κ3) is 1.30. The maximum atomic E-state index is 2.28.